The van der Waals surface area contributed by atoms with Crippen molar-refractivity contribution >= 4 is 40.0 Å². The van der Waals surface area contributed by atoms with Crippen molar-refractivity contribution in [3.8, 4) is 0 Å². The van der Waals surface area contributed by atoms with E-state index in [-0.39, 0.29) is 11.7 Å². The molecule has 114 valence electrons. The highest BCUT2D eigenvalue weighted by Crippen LogP contribution is 2.32. The summed E-state index contributed by atoms with van der Waals surface area (Å²) in [5.74, 6) is -0.404. The van der Waals surface area contributed by atoms with Gasteiger partial charge in [-0.3, -0.25) is 14.5 Å². The fourth-order valence-corrected chi connectivity index (χ4v) is 3.43. The van der Waals surface area contributed by atoms with E-state index in [0.29, 0.717) is 21.3 Å². The number of benzene rings is 2. The molecule has 1 heterocycles. The zero-order valence-electron chi connectivity index (χ0n) is 12.1. The number of thioether (sulfide) groups is 1. The molecule has 5 heteroatoms. The highest BCUT2D eigenvalue weighted by atomic mass is 32.2. The molecule has 1 aliphatic rings. The summed E-state index contributed by atoms with van der Waals surface area (Å²) in [6.07, 6.45) is 1.37. The van der Waals surface area contributed by atoms with E-state index in [2.05, 4.69) is 0 Å². The molecule has 1 amide bonds. The van der Waals surface area contributed by atoms with E-state index in [4.69, 9.17) is 12.2 Å². The van der Waals surface area contributed by atoms with E-state index in [1.165, 1.54) is 22.7 Å². The molecule has 0 unspecified atom stereocenters. The molecule has 23 heavy (non-hydrogen) atoms. The van der Waals surface area contributed by atoms with Crippen molar-refractivity contribution in [2.45, 2.75) is 6.54 Å². The summed E-state index contributed by atoms with van der Waals surface area (Å²) in [7, 11) is 0. The van der Waals surface area contributed by atoms with Gasteiger partial charge >= 0.3 is 0 Å². The van der Waals surface area contributed by atoms with Crippen LogP contribution in [0.15, 0.2) is 71.6 Å². The summed E-state index contributed by atoms with van der Waals surface area (Å²) in [4.78, 5) is 26.6. The summed E-state index contributed by atoms with van der Waals surface area (Å²) in [6, 6.07) is 18.5. The number of hydrogen-bond acceptors (Lipinski definition) is 4. The standard InChI is InChI=1S/C18H13NO2S2/c20-15(14-9-5-2-6-10-14)11-16-17(21)19(18(22)23-16)12-13-7-3-1-4-8-13/h1-11H,12H2/b16-11+. The normalized spacial score (nSPS) is 16.2. The second-order valence-electron chi connectivity index (χ2n) is 4.98. The summed E-state index contributed by atoms with van der Waals surface area (Å²) < 4.78 is 0.478. The maximum absolute atomic E-state index is 12.5. The number of nitrogens with zero attached hydrogens (tertiary/aromatic N) is 1. The fourth-order valence-electron chi connectivity index (χ4n) is 2.21. The van der Waals surface area contributed by atoms with Crippen LogP contribution in [0.5, 0.6) is 0 Å². The molecule has 1 saturated heterocycles. The number of allylic oxidation sites excluding steroid dienone is 1. The van der Waals surface area contributed by atoms with Crippen LogP contribution < -0.4 is 0 Å². The molecule has 0 aromatic heterocycles. The quantitative estimate of drug-likeness (QED) is 0.482. The molecule has 0 aliphatic carbocycles. The van der Waals surface area contributed by atoms with Crippen molar-refractivity contribution in [3.05, 3.63) is 82.8 Å². The van der Waals surface area contributed by atoms with Crippen molar-refractivity contribution in [3.63, 3.8) is 0 Å². The predicted molar refractivity (Wildman–Crippen MR) is 96.0 cm³/mol. The Kier molecular flexibility index (Phi) is 4.69. The molecule has 0 radical (unpaired) electrons. The third-order valence-corrected chi connectivity index (χ3v) is 4.76. The predicted octanol–water partition coefficient (Wildman–Crippen LogP) is 3.81. The minimum absolute atomic E-state index is 0.189. The Morgan fingerprint density at radius 2 is 1.65 bits per heavy atom. The van der Waals surface area contributed by atoms with Gasteiger partial charge in [-0.05, 0) is 5.56 Å². The molecular weight excluding hydrogens is 326 g/mol. The lowest BCUT2D eigenvalue weighted by Gasteiger charge is -2.14. The molecule has 0 N–H and O–H groups in total. The molecule has 2 aromatic rings. The maximum atomic E-state index is 12.5. The van der Waals surface area contributed by atoms with Gasteiger partial charge in [-0.15, -0.1) is 0 Å². The van der Waals surface area contributed by atoms with Gasteiger partial charge in [0, 0.05) is 11.6 Å². The van der Waals surface area contributed by atoms with E-state index in [0.717, 1.165) is 5.56 Å². The van der Waals surface area contributed by atoms with E-state index >= 15 is 0 Å². The molecular formula is C18H13NO2S2. The van der Waals surface area contributed by atoms with Gasteiger partial charge in [-0.1, -0.05) is 84.6 Å². The first-order chi connectivity index (χ1) is 11.1. The average molecular weight is 339 g/mol. The number of carbonyl (C=O) groups excluding carboxylic acids is 2. The molecule has 1 fully saturated rings. The monoisotopic (exact) mass is 339 g/mol. The van der Waals surface area contributed by atoms with E-state index < -0.39 is 0 Å². The average Bonchev–Trinajstić information content (AvgIpc) is 2.84. The minimum atomic E-state index is -0.215. The van der Waals surface area contributed by atoms with Crippen LogP contribution in [0.2, 0.25) is 0 Å². The van der Waals surface area contributed by atoms with Gasteiger partial charge in [-0.25, -0.2) is 0 Å². The molecule has 0 spiro atoms. The van der Waals surface area contributed by atoms with Crippen LogP contribution in [0.3, 0.4) is 0 Å². The molecule has 1 aliphatic heterocycles. The third kappa shape index (κ3) is 3.57. The van der Waals surface area contributed by atoms with Gasteiger partial charge in [0.15, 0.2) is 5.78 Å². The number of amides is 1. The number of ketones is 1. The van der Waals surface area contributed by atoms with Gasteiger partial charge < -0.3 is 0 Å². The van der Waals surface area contributed by atoms with Gasteiger partial charge in [0.05, 0.1) is 11.4 Å². The first-order valence-electron chi connectivity index (χ1n) is 7.04. The van der Waals surface area contributed by atoms with Gasteiger partial charge in [0.2, 0.25) is 0 Å². The van der Waals surface area contributed by atoms with Crippen LogP contribution in [0.25, 0.3) is 0 Å². The fraction of sp³-hybridized carbons (Fsp3) is 0.0556. The van der Waals surface area contributed by atoms with Crippen molar-refractivity contribution in [2.75, 3.05) is 0 Å². The van der Waals surface area contributed by atoms with E-state index in [9.17, 15) is 9.59 Å². The minimum Gasteiger partial charge on any atom is -0.289 e. The Balaban J connectivity index is 1.78. The Morgan fingerprint density at radius 3 is 2.30 bits per heavy atom. The topological polar surface area (TPSA) is 37.4 Å². The van der Waals surface area contributed by atoms with E-state index in [1.807, 2.05) is 36.4 Å². The van der Waals surface area contributed by atoms with Crippen molar-refractivity contribution in [1.29, 1.82) is 0 Å². The Morgan fingerprint density at radius 1 is 1.04 bits per heavy atom. The van der Waals surface area contributed by atoms with Crippen molar-refractivity contribution in [1.82, 2.24) is 4.90 Å². The van der Waals surface area contributed by atoms with Gasteiger partial charge in [0.25, 0.3) is 5.91 Å². The lowest BCUT2D eigenvalue weighted by molar-refractivity contribution is -0.122. The summed E-state index contributed by atoms with van der Waals surface area (Å²) in [6.45, 7) is 0.419. The molecule has 0 atom stereocenters. The van der Waals surface area contributed by atoms with Crippen LogP contribution in [0.1, 0.15) is 15.9 Å². The molecule has 3 nitrogen and oxygen atoms in total. The summed E-state index contributed by atoms with van der Waals surface area (Å²) in [5.41, 5.74) is 1.56. The Bertz CT molecular complexity index is 785. The highest BCUT2D eigenvalue weighted by molar-refractivity contribution is 8.26. The Labute approximate surface area is 144 Å². The third-order valence-electron chi connectivity index (χ3n) is 3.38. The van der Waals surface area contributed by atoms with Crippen molar-refractivity contribution in [2.24, 2.45) is 0 Å². The van der Waals surface area contributed by atoms with Gasteiger partial charge in [-0.2, -0.15) is 0 Å². The van der Waals surface area contributed by atoms with Crippen LogP contribution in [-0.2, 0) is 11.3 Å². The number of carbonyl (C=O) groups is 2. The lowest BCUT2D eigenvalue weighted by atomic mass is 10.1. The molecule has 0 saturated carbocycles. The zero-order chi connectivity index (χ0) is 16.2. The second kappa shape index (κ2) is 6.89. The van der Waals surface area contributed by atoms with Gasteiger partial charge in [0.1, 0.15) is 4.32 Å². The molecule has 2 aromatic carbocycles. The summed E-state index contributed by atoms with van der Waals surface area (Å²) >= 11 is 6.45. The second-order valence-corrected chi connectivity index (χ2v) is 6.66. The number of rotatable bonds is 4. The first kappa shape index (κ1) is 15.6. The Hall–Kier alpha value is -2.24. The first-order valence-corrected chi connectivity index (χ1v) is 8.26. The van der Waals surface area contributed by atoms with Crippen LogP contribution >= 0.6 is 24.0 Å². The maximum Gasteiger partial charge on any atom is 0.266 e. The smallest absolute Gasteiger partial charge is 0.266 e. The largest absolute Gasteiger partial charge is 0.289 e. The zero-order valence-corrected chi connectivity index (χ0v) is 13.8. The SMILES string of the molecule is O=C(/C=C1/SC(=S)N(Cc2ccccc2)C1=O)c1ccccc1. The molecule has 3 rings (SSSR count). The van der Waals surface area contributed by atoms with Crippen LogP contribution in [0, 0.1) is 0 Å². The lowest BCUT2D eigenvalue weighted by Crippen LogP contribution is -2.27. The molecule has 0 bridgehead atoms. The summed E-state index contributed by atoms with van der Waals surface area (Å²) in [5, 5.41) is 0. The van der Waals surface area contributed by atoms with Crippen LogP contribution in [0.4, 0.5) is 0 Å². The van der Waals surface area contributed by atoms with Crippen molar-refractivity contribution < 1.29 is 9.59 Å². The number of thiocarbonyl (C=S) groups is 1. The highest BCUT2D eigenvalue weighted by Gasteiger charge is 2.32. The van der Waals surface area contributed by atoms with Crippen LogP contribution in [-0.4, -0.2) is 20.9 Å². The number of hydrogen-bond donors (Lipinski definition) is 0. The van der Waals surface area contributed by atoms with E-state index in [1.54, 1.807) is 24.3 Å².